The van der Waals surface area contributed by atoms with Crippen LogP contribution in [0.3, 0.4) is 0 Å². The summed E-state index contributed by atoms with van der Waals surface area (Å²) in [5.41, 5.74) is 5.86. The molecule has 0 fully saturated rings. The molecule has 2 amide bonds. The minimum atomic E-state index is -4.24. The number of amides is 2. The van der Waals surface area contributed by atoms with Gasteiger partial charge in [-0.2, -0.15) is 0 Å². The van der Waals surface area contributed by atoms with Crippen LogP contribution in [0.1, 0.15) is 20.8 Å². The zero-order valence-corrected chi connectivity index (χ0v) is 19.5. The van der Waals surface area contributed by atoms with Crippen LogP contribution in [-0.2, 0) is 10.0 Å². The molecule has 0 unspecified atom stereocenters. The number of aromatic nitrogens is 1. The maximum atomic E-state index is 12.8. The molecule has 12 nitrogen and oxygen atoms in total. The summed E-state index contributed by atoms with van der Waals surface area (Å²) in [7, 11) is -2.81. The molecule has 4 rings (SSSR count). The number of nitro groups is 1. The van der Waals surface area contributed by atoms with Crippen molar-refractivity contribution in [3.63, 3.8) is 0 Å². The Morgan fingerprint density at radius 3 is 2.42 bits per heavy atom. The Balaban J connectivity index is 1.70. The lowest BCUT2D eigenvalue weighted by atomic mass is 10.1. The van der Waals surface area contributed by atoms with E-state index in [1.807, 2.05) is 4.72 Å². The van der Waals surface area contributed by atoms with E-state index in [2.05, 4.69) is 10.3 Å². The molecule has 0 radical (unpaired) electrons. The molecule has 0 bridgehead atoms. The largest absolute Gasteiger partial charge is 0.497 e. The van der Waals surface area contributed by atoms with E-state index in [9.17, 15) is 28.1 Å². The third-order valence-corrected chi connectivity index (χ3v) is 6.58. The molecule has 13 heteroatoms. The van der Waals surface area contributed by atoms with E-state index in [0.717, 1.165) is 0 Å². The number of nitrogens with zero attached hydrogens (tertiary/aromatic N) is 1. The summed E-state index contributed by atoms with van der Waals surface area (Å²) in [5, 5.41) is 14.8. The Kier molecular flexibility index (Phi) is 6.31. The number of rotatable bonds is 8. The van der Waals surface area contributed by atoms with E-state index in [0.29, 0.717) is 17.1 Å². The quantitative estimate of drug-likeness (QED) is 0.206. The lowest BCUT2D eigenvalue weighted by Crippen LogP contribution is -2.30. The van der Waals surface area contributed by atoms with Gasteiger partial charge < -0.3 is 20.8 Å². The van der Waals surface area contributed by atoms with Crippen molar-refractivity contribution in [2.45, 2.75) is 4.90 Å². The molecule has 5 N–H and O–H groups in total. The van der Waals surface area contributed by atoms with Crippen LogP contribution in [0.2, 0.25) is 0 Å². The van der Waals surface area contributed by atoms with Crippen molar-refractivity contribution in [2.24, 2.45) is 5.73 Å². The normalized spacial score (nSPS) is 11.1. The summed E-state index contributed by atoms with van der Waals surface area (Å²) in [6.07, 6.45) is 0. The Hall–Kier alpha value is -4.91. The van der Waals surface area contributed by atoms with Crippen molar-refractivity contribution < 1.29 is 27.7 Å². The number of benzene rings is 3. The number of ether oxygens (including phenoxy) is 1. The maximum absolute atomic E-state index is 12.8. The summed E-state index contributed by atoms with van der Waals surface area (Å²) in [6, 6.07) is 15.6. The van der Waals surface area contributed by atoms with Crippen LogP contribution < -0.4 is 20.5 Å². The van der Waals surface area contributed by atoms with Crippen LogP contribution in [-0.4, -0.2) is 37.2 Å². The summed E-state index contributed by atoms with van der Waals surface area (Å²) < 4.78 is 32.3. The first kappa shape index (κ1) is 24.2. The van der Waals surface area contributed by atoms with E-state index in [1.54, 1.807) is 12.1 Å². The fourth-order valence-corrected chi connectivity index (χ4v) is 4.45. The first-order valence-electron chi connectivity index (χ1n) is 10.3. The number of methoxy groups -OCH3 is 1. The topological polar surface area (TPSA) is 187 Å². The van der Waals surface area contributed by atoms with Gasteiger partial charge in [0, 0.05) is 28.4 Å². The Labute approximate surface area is 204 Å². The van der Waals surface area contributed by atoms with Gasteiger partial charge in [-0.25, -0.2) is 13.1 Å². The summed E-state index contributed by atoms with van der Waals surface area (Å²) in [5.74, 6) is -1.21. The number of hydrogen-bond donors (Lipinski definition) is 4. The minimum Gasteiger partial charge on any atom is -0.497 e. The first-order chi connectivity index (χ1) is 17.1. The Bertz CT molecular complexity index is 1610. The standard InChI is InChI=1S/C23H19N5O7S/c1-35-15-5-7-16(8-6-15)36(33,34)27-23(30)19-12-17-18(9-10-20(28(31)32)21(17)26-19)25-14-4-2-3-13(11-14)22(24)29/h2-12,25-26H,1H3,(H2,24,29)(H,27,30). The number of hydrogen-bond acceptors (Lipinski definition) is 8. The number of anilines is 2. The van der Waals surface area contributed by atoms with E-state index < -0.39 is 26.8 Å². The first-order valence-corrected chi connectivity index (χ1v) is 11.8. The van der Waals surface area contributed by atoms with Gasteiger partial charge in [0.15, 0.2) is 0 Å². The van der Waals surface area contributed by atoms with Crippen molar-refractivity contribution in [1.82, 2.24) is 9.71 Å². The lowest BCUT2D eigenvalue weighted by molar-refractivity contribution is -0.383. The molecule has 0 aliphatic heterocycles. The predicted molar refractivity (Wildman–Crippen MR) is 131 cm³/mol. The van der Waals surface area contributed by atoms with Gasteiger partial charge in [0.1, 0.15) is 17.0 Å². The maximum Gasteiger partial charge on any atom is 0.293 e. The second-order valence-electron chi connectivity index (χ2n) is 7.54. The van der Waals surface area contributed by atoms with Gasteiger partial charge in [-0.05, 0) is 54.6 Å². The number of primary amides is 1. The number of carbonyl (C=O) groups excluding carboxylic acids is 2. The molecule has 0 saturated carbocycles. The molecule has 4 aromatic rings. The van der Waals surface area contributed by atoms with Gasteiger partial charge in [0.25, 0.3) is 21.6 Å². The molecule has 3 aromatic carbocycles. The molecule has 0 aliphatic rings. The molecular formula is C23H19N5O7S. The number of aromatic amines is 1. The molecule has 36 heavy (non-hydrogen) atoms. The number of carbonyl (C=O) groups is 2. The summed E-state index contributed by atoms with van der Waals surface area (Å²) in [6.45, 7) is 0. The highest BCUT2D eigenvalue weighted by atomic mass is 32.2. The van der Waals surface area contributed by atoms with E-state index in [1.165, 1.54) is 61.7 Å². The smallest absolute Gasteiger partial charge is 0.293 e. The average Bonchev–Trinajstić information content (AvgIpc) is 3.30. The number of H-pyrrole nitrogens is 1. The van der Waals surface area contributed by atoms with Crippen molar-refractivity contribution in [2.75, 3.05) is 12.4 Å². The van der Waals surface area contributed by atoms with E-state index >= 15 is 0 Å². The van der Waals surface area contributed by atoms with Crippen molar-refractivity contribution in [3.05, 3.63) is 88.1 Å². The fourth-order valence-electron chi connectivity index (χ4n) is 3.48. The molecule has 0 atom stereocenters. The van der Waals surface area contributed by atoms with E-state index in [-0.39, 0.29) is 32.7 Å². The van der Waals surface area contributed by atoms with Gasteiger partial charge in [-0.3, -0.25) is 19.7 Å². The zero-order chi connectivity index (χ0) is 26.0. The number of fused-ring (bicyclic) bond motifs is 1. The molecule has 0 aliphatic carbocycles. The third-order valence-electron chi connectivity index (χ3n) is 5.24. The summed E-state index contributed by atoms with van der Waals surface area (Å²) in [4.78, 5) is 37.7. The summed E-state index contributed by atoms with van der Waals surface area (Å²) >= 11 is 0. The highest BCUT2D eigenvalue weighted by Crippen LogP contribution is 2.34. The predicted octanol–water partition coefficient (Wildman–Crippen LogP) is 3.05. The molecule has 1 heterocycles. The van der Waals surface area contributed by atoms with Crippen LogP contribution in [0.5, 0.6) is 5.75 Å². The average molecular weight is 510 g/mol. The van der Waals surface area contributed by atoms with Crippen LogP contribution in [0, 0.1) is 10.1 Å². The second-order valence-corrected chi connectivity index (χ2v) is 9.22. The third kappa shape index (κ3) is 4.81. The van der Waals surface area contributed by atoms with Gasteiger partial charge in [-0.15, -0.1) is 0 Å². The fraction of sp³-hybridized carbons (Fsp3) is 0.0435. The number of nitrogens with one attached hydrogen (secondary N) is 3. The minimum absolute atomic E-state index is 0.00283. The monoisotopic (exact) mass is 509 g/mol. The SMILES string of the molecule is COc1ccc(S(=O)(=O)NC(=O)c2cc3c(Nc4cccc(C(N)=O)c4)ccc([N+](=O)[O-])c3[nH]2)cc1. The highest BCUT2D eigenvalue weighted by molar-refractivity contribution is 7.90. The Morgan fingerprint density at radius 1 is 1.06 bits per heavy atom. The van der Waals surface area contributed by atoms with Crippen molar-refractivity contribution in [3.8, 4) is 5.75 Å². The van der Waals surface area contributed by atoms with Gasteiger partial charge in [-0.1, -0.05) is 6.07 Å². The van der Waals surface area contributed by atoms with Gasteiger partial charge in [0.2, 0.25) is 5.91 Å². The number of nitrogens with two attached hydrogens (primary N) is 1. The van der Waals surface area contributed by atoms with Gasteiger partial charge in [0.05, 0.1) is 16.9 Å². The highest BCUT2D eigenvalue weighted by Gasteiger charge is 2.24. The number of sulfonamides is 1. The lowest BCUT2D eigenvalue weighted by Gasteiger charge is -2.09. The van der Waals surface area contributed by atoms with E-state index in [4.69, 9.17) is 10.5 Å². The Morgan fingerprint density at radius 2 is 1.78 bits per heavy atom. The molecule has 0 saturated heterocycles. The number of non-ortho nitro benzene ring substituents is 1. The molecule has 1 aromatic heterocycles. The number of nitro benzene ring substituents is 1. The molecule has 184 valence electrons. The molecular weight excluding hydrogens is 490 g/mol. The van der Waals surface area contributed by atoms with Gasteiger partial charge >= 0.3 is 0 Å². The van der Waals surface area contributed by atoms with Crippen LogP contribution in [0.15, 0.2) is 71.6 Å². The van der Waals surface area contributed by atoms with Crippen molar-refractivity contribution >= 4 is 49.8 Å². The van der Waals surface area contributed by atoms with Crippen molar-refractivity contribution in [1.29, 1.82) is 0 Å². The second kappa shape index (κ2) is 9.38. The van der Waals surface area contributed by atoms with Crippen LogP contribution in [0.4, 0.5) is 17.1 Å². The van der Waals surface area contributed by atoms with Crippen LogP contribution in [0.25, 0.3) is 10.9 Å². The zero-order valence-electron chi connectivity index (χ0n) is 18.6. The van der Waals surface area contributed by atoms with Crippen LogP contribution >= 0.6 is 0 Å². The molecule has 0 spiro atoms.